The van der Waals surface area contributed by atoms with Crippen molar-refractivity contribution >= 4 is 11.8 Å². The van der Waals surface area contributed by atoms with E-state index in [0.717, 1.165) is 47.5 Å². The highest BCUT2D eigenvalue weighted by molar-refractivity contribution is 6.07. The minimum absolute atomic E-state index is 0.103. The van der Waals surface area contributed by atoms with Crippen LogP contribution in [0, 0.1) is 5.92 Å². The molecule has 216 valence electrons. The third-order valence-electron chi connectivity index (χ3n) is 7.22. The zero-order chi connectivity index (χ0) is 28.6. The topological polar surface area (TPSA) is 94.5 Å². The van der Waals surface area contributed by atoms with Crippen LogP contribution in [0.2, 0.25) is 0 Å². The Morgan fingerprint density at radius 3 is 2.38 bits per heavy atom. The molecule has 8 heteroatoms. The van der Waals surface area contributed by atoms with Gasteiger partial charge >= 0.3 is 5.97 Å². The first-order chi connectivity index (χ1) is 19.3. The molecule has 40 heavy (non-hydrogen) atoms. The monoisotopic (exact) mass is 551 g/mol. The van der Waals surface area contributed by atoms with Crippen LogP contribution in [0.1, 0.15) is 66.1 Å². The molecule has 0 saturated heterocycles. The summed E-state index contributed by atoms with van der Waals surface area (Å²) in [7, 11) is 5.35. The molecule has 8 nitrogen and oxygen atoms in total. The normalized spacial score (nSPS) is 16.2. The van der Waals surface area contributed by atoms with Gasteiger partial charge in [-0.25, -0.2) is 4.79 Å². The average Bonchev–Trinajstić information content (AvgIpc) is 3.76. The Morgan fingerprint density at radius 1 is 1.05 bits per heavy atom. The summed E-state index contributed by atoms with van der Waals surface area (Å²) in [6, 6.07) is 7.59. The fourth-order valence-electron chi connectivity index (χ4n) is 4.99. The lowest BCUT2D eigenvalue weighted by Gasteiger charge is -2.26. The standard InChI is InChI=1S/C32H41NO7/c1-5-7-24-27(13-10-22-11-14-29(32(35)36)40-30(22)24)38-18-6-19-39-28-15-12-23(26(34)16-17-33(2)3)31(37-4)25(28)20-21-8-9-21/h10,12-13,15-17,21,29H,5-9,11,14,18-20H2,1-4H3,(H,35,36). The van der Waals surface area contributed by atoms with E-state index in [-0.39, 0.29) is 5.78 Å². The van der Waals surface area contributed by atoms with Gasteiger partial charge in [0.25, 0.3) is 0 Å². The van der Waals surface area contributed by atoms with Gasteiger partial charge in [0.1, 0.15) is 23.0 Å². The van der Waals surface area contributed by atoms with Crippen molar-refractivity contribution < 1.29 is 33.6 Å². The molecule has 0 bridgehead atoms. The maximum Gasteiger partial charge on any atom is 0.344 e. The molecule has 1 N–H and O–H groups in total. The van der Waals surface area contributed by atoms with Gasteiger partial charge in [0.2, 0.25) is 0 Å². The summed E-state index contributed by atoms with van der Waals surface area (Å²) in [5.41, 5.74) is 3.45. The first-order valence-electron chi connectivity index (χ1n) is 14.2. The number of carbonyl (C=O) groups excluding carboxylic acids is 1. The van der Waals surface area contributed by atoms with Crippen LogP contribution in [0.5, 0.6) is 23.0 Å². The molecule has 0 aromatic heterocycles. The Hall–Kier alpha value is -3.68. The number of fused-ring (bicyclic) bond motifs is 1. The molecule has 1 heterocycles. The Labute approximate surface area is 236 Å². The van der Waals surface area contributed by atoms with Gasteiger partial charge in [-0.05, 0) is 68.2 Å². The lowest BCUT2D eigenvalue weighted by atomic mass is 9.96. The van der Waals surface area contributed by atoms with Crippen molar-refractivity contribution in [3.05, 3.63) is 58.8 Å². The zero-order valence-corrected chi connectivity index (χ0v) is 24.0. The quantitative estimate of drug-likeness (QED) is 0.177. The highest BCUT2D eigenvalue weighted by Crippen LogP contribution is 2.41. The molecule has 1 saturated carbocycles. The summed E-state index contributed by atoms with van der Waals surface area (Å²) in [4.78, 5) is 26.2. The molecule has 1 atom stereocenters. The van der Waals surface area contributed by atoms with Crippen molar-refractivity contribution in [1.29, 1.82) is 0 Å². The van der Waals surface area contributed by atoms with Gasteiger partial charge in [-0.1, -0.05) is 19.4 Å². The molecule has 0 radical (unpaired) electrons. The molecular formula is C32H41NO7. The van der Waals surface area contributed by atoms with Gasteiger partial charge in [0, 0.05) is 43.9 Å². The van der Waals surface area contributed by atoms with Crippen LogP contribution in [0.15, 0.2) is 36.5 Å². The number of carboxylic acids is 1. The van der Waals surface area contributed by atoms with Crippen molar-refractivity contribution in [3.63, 3.8) is 0 Å². The van der Waals surface area contributed by atoms with Crippen LogP contribution in [0.4, 0.5) is 0 Å². The SMILES string of the molecule is CCCc1c(OCCCOc2ccc(C(=O)C=CN(C)C)c(OC)c2CC2CC2)ccc2c1OC(C(=O)O)CC2. The third-order valence-corrected chi connectivity index (χ3v) is 7.22. The number of hydrogen-bond acceptors (Lipinski definition) is 7. The molecule has 1 unspecified atom stereocenters. The average molecular weight is 552 g/mol. The molecule has 4 rings (SSSR count). The number of rotatable bonds is 15. The summed E-state index contributed by atoms with van der Waals surface area (Å²) < 4.78 is 24.0. The number of hydrogen-bond donors (Lipinski definition) is 1. The number of allylic oxidation sites excluding steroid dienone is 1. The number of carbonyl (C=O) groups is 2. The molecule has 0 amide bonds. The van der Waals surface area contributed by atoms with Gasteiger partial charge in [0.05, 0.1) is 25.9 Å². The summed E-state index contributed by atoms with van der Waals surface area (Å²) in [6.45, 7) is 2.97. The fourth-order valence-corrected chi connectivity index (χ4v) is 4.99. The minimum Gasteiger partial charge on any atom is -0.496 e. The van der Waals surface area contributed by atoms with Gasteiger partial charge in [-0.2, -0.15) is 0 Å². The number of benzene rings is 2. The van der Waals surface area contributed by atoms with E-state index in [0.29, 0.717) is 55.5 Å². The largest absolute Gasteiger partial charge is 0.496 e. The molecule has 0 spiro atoms. The maximum absolute atomic E-state index is 12.9. The Bertz CT molecular complexity index is 1230. The smallest absolute Gasteiger partial charge is 0.344 e. The van der Waals surface area contributed by atoms with Crippen molar-refractivity contribution in [1.82, 2.24) is 4.90 Å². The van der Waals surface area contributed by atoms with Crippen LogP contribution < -0.4 is 18.9 Å². The Morgan fingerprint density at radius 2 is 1.75 bits per heavy atom. The predicted molar refractivity (Wildman–Crippen MR) is 153 cm³/mol. The zero-order valence-electron chi connectivity index (χ0n) is 24.0. The van der Waals surface area contributed by atoms with E-state index in [4.69, 9.17) is 18.9 Å². The summed E-state index contributed by atoms with van der Waals surface area (Å²) >= 11 is 0. The molecule has 1 aliphatic heterocycles. The van der Waals surface area contributed by atoms with Gasteiger partial charge < -0.3 is 29.0 Å². The number of ether oxygens (including phenoxy) is 4. The third kappa shape index (κ3) is 7.29. The highest BCUT2D eigenvalue weighted by atomic mass is 16.5. The van der Waals surface area contributed by atoms with Gasteiger partial charge in [0.15, 0.2) is 11.9 Å². The van der Waals surface area contributed by atoms with E-state index >= 15 is 0 Å². The second kappa shape index (κ2) is 13.6. The molecule has 2 aromatic carbocycles. The molecule has 1 aliphatic carbocycles. The second-order valence-electron chi connectivity index (χ2n) is 10.7. The van der Waals surface area contributed by atoms with E-state index in [2.05, 4.69) is 6.92 Å². The van der Waals surface area contributed by atoms with E-state index in [1.807, 2.05) is 37.2 Å². The summed E-state index contributed by atoms with van der Waals surface area (Å²) in [6.07, 6.45) is 9.08. The van der Waals surface area contributed by atoms with Crippen LogP contribution in [-0.4, -0.2) is 62.3 Å². The maximum atomic E-state index is 12.9. The highest BCUT2D eigenvalue weighted by Gasteiger charge is 2.29. The lowest BCUT2D eigenvalue weighted by molar-refractivity contribution is -0.145. The van der Waals surface area contributed by atoms with Crippen LogP contribution in [0.25, 0.3) is 0 Å². The Kier molecular flexibility index (Phi) is 9.96. The Balaban J connectivity index is 1.42. The number of ketones is 1. The molecule has 2 aromatic rings. The van der Waals surface area contributed by atoms with Crippen molar-refractivity contribution in [3.8, 4) is 23.0 Å². The summed E-state index contributed by atoms with van der Waals surface area (Å²) in [5, 5.41) is 9.44. The van der Waals surface area contributed by atoms with Crippen LogP contribution >= 0.6 is 0 Å². The number of methoxy groups -OCH3 is 1. The second-order valence-corrected chi connectivity index (χ2v) is 10.7. The molecule has 2 aliphatic rings. The van der Waals surface area contributed by atoms with Crippen molar-refractivity contribution in [2.45, 2.75) is 64.4 Å². The predicted octanol–water partition coefficient (Wildman–Crippen LogP) is 5.48. The van der Waals surface area contributed by atoms with E-state index in [9.17, 15) is 14.7 Å². The fraction of sp³-hybridized carbons (Fsp3) is 0.500. The first kappa shape index (κ1) is 29.3. The van der Waals surface area contributed by atoms with E-state index < -0.39 is 12.1 Å². The molecule has 1 fully saturated rings. The number of nitrogens with zero attached hydrogens (tertiary/aromatic N) is 1. The van der Waals surface area contributed by atoms with Crippen LogP contribution in [-0.2, 0) is 24.1 Å². The first-order valence-corrected chi connectivity index (χ1v) is 14.2. The van der Waals surface area contributed by atoms with E-state index in [1.54, 1.807) is 25.5 Å². The number of aliphatic carboxylic acids is 1. The van der Waals surface area contributed by atoms with Crippen molar-refractivity contribution in [2.24, 2.45) is 5.92 Å². The number of aryl methyl sites for hydroxylation is 1. The molecular weight excluding hydrogens is 510 g/mol. The van der Waals surface area contributed by atoms with Crippen molar-refractivity contribution in [2.75, 3.05) is 34.4 Å². The summed E-state index contributed by atoms with van der Waals surface area (Å²) in [5.74, 6) is 2.28. The van der Waals surface area contributed by atoms with Gasteiger partial charge in [-0.3, -0.25) is 4.79 Å². The van der Waals surface area contributed by atoms with Gasteiger partial charge in [-0.15, -0.1) is 0 Å². The lowest BCUT2D eigenvalue weighted by Crippen LogP contribution is -2.31. The van der Waals surface area contributed by atoms with E-state index in [1.165, 1.54) is 12.8 Å². The van der Waals surface area contributed by atoms with Crippen LogP contribution in [0.3, 0.4) is 0 Å². The minimum atomic E-state index is -0.934. The number of carboxylic acid groups (broad SMARTS) is 1.